The first-order valence-corrected chi connectivity index (χ1v) is 6.88. The van der Waals surface area contributed by atoms with E-state index in [0.29, 0.717) is 5.56 Å². The molecule has 18 heavy (non-hydrogen) atoms. The molecule has 1 aromatic carbocycles. The van der Waals surface area contributed by atoms with E-state index in [9.17, 15) is 9.90 Å². The van der Waals surface area contributed by atoms with Crippen LogP contribution in [0.3, 0.4) is 0 Å². The van der Waals surface area contributed by atoms with Gasteiger partial charge in [0.15, 0.2) is 5.78 Å². The van der Waals surface area contributed by atoms with Gasteiger partial charge in [0.05, 0.1) is 0 Å². The van der Waals surface area contributed by atoms with Crippen LogP contribution in [0, 0.1) is 19.8 Å². The van der Waals surface area contributed by atoms with E-state index in [1.54, 1.807) is 0 Å². The fourth-order valence-corrected chi connectivity index (χ4v) is 2.95. The Hall–Kier alpha value is -1.15. The maximum Gasteiger partial charge on any atom is 0.191 e. The highest BCUT2D eigenvalue weighted by atomic mass is 16.3. The zero-order valence-electron chi connectivity index (χ0n) is 11.3. The summed E-state index contributed by atoms with van der Waals surface area (Å²) in [5.74, 6) is 0.0563. The predicted octanol–water partition coefficient (Wildman–Crippen LogP) is 3.43. The van der Waals surface area contributed by atoms with Gasteiger partial charge in [-0.15, -0.1) is 0 Å². The van der Waals surface area contributed by atoms with Crippen LogP contribution in [-0.4, -0.2) is 17.0 Å². The zero-order valence-corrected chi connectivity index (χ0v) is 11.3. The number of carbonyl (C=O) groups is 1. The lowest BCUT2D eigenvalue weighted by atomic mass is 9.82. The number of ketones is 1. The molecule has 0 radical (unpaired) electrons. The molecular weight excluding hydrogens is 224 g/mol. The fraction of sp³-hybridized carbons (Fsp3) is 0.562. The van der Waals surface area contributed by atoms with Crippen molar-refractivity contribution in [2.24, 2.45) is 5.92 Å². The second-order valence-corrected chi connectivity index (χ2v) is 5.58. The Morgan fingerprint density at radius 3 is 2.22 bits per heavy atom. The number of aliphatic hydroxyl groups excluding tert-OH is 1. The van der Waals surface area contributed by atoms with Gasteiger partial charge in [-0.2, -0.15) is 0 Å². The van der Waals surface area contributed by atoms with Gasteiger partial charge in [-0.3, -0.25) is 4.79 Å². The van der Waals surface area contributed by atoms with Crippen LogP contribution in [0.15, 0.2) is 18.2 Å². The zero-order chi connectivity index (χ0) is 13.1. The molecule has 1 unspecified atom stereocenters. The summed E-state index contributed by atoms with van der Waals surface area (Å²) in [6.45, 7) is 3.97. The van der Waals surface area contributed by atoms with Crippen LogP contribution in [0.1, 0.15) is 53.6 Å². The lowest BCUT2D eigenvalue weighted by molar-refractivity contribution is 0.0534. The molecule has 2 heteroatoms. The van der Waals surface area contributed by atoms with Crippen LogP contribution in [0.25, 0.3) is 0 Å². The average molecular weight is 246 g/mol. The Balaban J connectivity index is 2.14. The third kappa shape index (κ3) is 2.99. The third-order valence-electron chi connectivity index (χ3n) is 3.87. The topological polar surface area (TPSA) is 37.3 Å². The highest BCUT2D eigenvalue weighted by molar-refractivity contribution is 5.99. The van der Waals surface area contributed by atoms with Crippen LogP contribution < -0.4 is 0 Å². The minimum atomic E-state index is -0.813. The minimum absolute atomic E-state index is 0.103. The van der Waals surface area contributed by atoms with E-state index in [2.05, 4.69) is 0 Å². The Kier molecular flexibility index (Phi) is 4.18. The van der Waals surface area contributed by atoms with Crippen molar-refractivity contribution in [3.8, 4) is 0 Å². The summed E-state index contributed by atoms with van der Waals surface area (Å²) in [5, 5.41) is 10.2. The molecule has 1 fully saturated rings. The molecule has 0 heterocycles. The lowest BCUT2D eigenvalue weighted by Gasteiger charge is -2.25. The first-order valence-electron chi connectivity index (χ1n) is 6.88. The normalized spacial score (nSPS) is 18.6. The molecular formula is C16H22O2. The summed E-state index contributed by atoms with van der Waals surface area (Å²) in [6.07, 6.45) is 4.67. The van der Waals surface area contributed by atoms with Crippen LogP contribution in [-0.2, 0) is 0 Å². The first-order chi connectivity index (χ1) is 8.58. The van der Waals surface area contributed by atoms with Crippen molar-refractivity contribution < 1.29 is 9.90 Å². The van der Waals surface area contributed by atoms with Gasteiger partial charge < -0.3 is 5.11 Å². The molecule has 2 nitrogen and oxygen atoms in total. The molecule has 0 aromatic heterocycles. The maximum absolute atomic E-state index is 12.3. The maximum atomic E-state index is 12.3. The molecule has 0 bridgehead atoms. The van der Waals surface area contributed by atoms with Gasteiger partial charge in [-0.05, 0) is 44.7 Å². The number of hydrogen-bond acceptors (Lipinski definition) is 2. The largest absolute Gasteiger partial charge is 0.385 e. The van der Waals surface area contributed by atoms with Crippen molar-refractivity contribution in [3.05, 3.63) is 34.9 Å². The van der Waals surface area contributed by atoms with E-state index in [1.165, 1.54) is 6.42 Å². The van der Waals surface area contributed by atoms with E-state index in [4.69, 9.17) is 0 Å². The van der Waals surface area contributed by atoms with Crippen molar-refractivity contribution in [2.45, 2.75) is 52.1 Å². The summed E-state index contributed by atoms with van der Waals surface area (Å²) in [4.78, 5) is 12.3. The third-order valence-corrected chi connectivity index (χ3v) is 3.87. The standard InChI is InChI=1S/C16H22O2/c1-11-8-12(2)10-14(9-11)16(18)15(17)13-6-4-3-5-7-13/h8-10,13,15,17H,3-7H2,1-2H3. The van der Waals surface area contributed by atoms with Crippen LogP contribution in [0.2, 0.25) is 0 Å². The second kappa shape index (κ2) is 5.66. The lowest BCUT2D eigenvalue weighted by Crippen LogP contribution is -2.31. The van der Waals surface area contributed by atoms with Gasteiger partial charge in [0, 0.05) is 5.56 Å². The van der Waals surface area contributed by atoms with Crippen LogP contribution >= 0.6 is 0 Å². The Bertz CT molecular complexity index is 410. The second-order valence-electron chi connectivity index (χ2n) is 5.58. The van der Waals surface area contributed by atoms with Crippen LogP contribution in [0.5, 0.6) is 0 Å². The number of hydrogen-bond donors (Lipinski definition) is 1. The number of aliphatic hydroxyl groups is 1. The quantitative estimate of drug-likeness (QED) is 0.830. The number of benzene rings is 1. The van der Waals surface area contributed by atoms with Crippen LogP contribution in [0.4, 0.5) is 0 Å². The van der Waals surface area contributed by atoms with Gasteiger partial charge in [-0.1, -0.05) is 36.5 Å². The number of rotatable bonds is 3. The fourth-order valence-electron chi connectivity index (χ4n) is 2.95. The summed E-state index contributed by atoms with van der Waals surface area (Å²) in [7, 11) is 0. The van der Waals surface area contributed by atoms with Gasteiger partial charge in [0.2, 0.25) is 0 Å². The number of aryl methyl sites for hydroxylation is 2. The predicted molar refractivity (Wildman–Crippen MR) is 72.8 cm³/mol. The highest BCUT2D eigenvalue weighted by Crippen LogP contribution is 2.28. The summed E-state index contributed by atoms with van der Waals surface area (Å²) in [5.41, 5.74) is 2.81. The molecule has 1 aliphatic carbocycles. The molecule has 1 N–H and O–H groups in total. The molecule has 0 spiro atoms. The van der Waals surface area contributed by atoms with E-state index in [-0.39, 0.29) is 11.7 Å². The Morgan fingerprint density at radius 1 is 1.11 bits per heavy atom. The van der Waals surface area contributed by atoms with Crippen molar-refractivity contribution >= 4 is 5.78 Å². The van der Waals surface area contributed by atoms with Gasteiger partial charge in [0.25, 0.3) is 0 Å². The molecule has 1 aliphatic rings. The average Bonchev–Trinajstić information content (AvgIpc) is 2.37. The SMILES string of the molecule is Cc1cc(C)cc(C(=O)C(O)C2CCCCC2)c1. The van der Waals surface area contributed by atoms with Crippen molar-refractivity contribution in [2.75, 3.05) is 0 Å². The summed E-state index contributed by atoms with van der Waals surface area (Å²) >= 11 is 0. The molecule has 1 aromatic rings. The van der Waals surface area contributed by atoms with Gasteiger partial charge in [0.1, 0.15) is 6.10 Å². The Labute approximate surface area is 109 Å². The minimum Gasteiger partial charge on any atom is -0.385 e. The van der Waals surface area contributed by atoms with E-state index in [1.807, 2.05) is 32.0 Å². The summed E-state index contributed by atoms with van der Waals surface area (Å²) in [6, 6.07) is 5.80. The molecule has 0 aliphatic heterocycles. The molecule has 2 rings (SSSR count). The first kappa shape index (κ1) is 13.3. The number of carbonyl (C=O) groups excluding carboxylic acids is 1. The van der Waals surface area contributed by atoms with Crippen molar-refractivity contribution in [1.82, 2.24) is 0 Å². The summed E-state index contributed by atoms with van der Waals surface area (Å²) < 4.78 is 0. The molecule has 1 saturated carbocycles. The van der Waals surface area contributed by atoms with Crippen molar-refractivity contribution in [1.29, 1.82) is 0 Å². The smallest absolute Gasteiger partial charge is 0.191 e. The number of Topliss-reactive ketones (excluding diaryl/α,β-unsaturated/α-hetero) is 1. The molecule has 1 atom stereocenters. The van der Waals surface area contributed by atoms with Gasteiger partial charge in [-0.25, -0.2) is 0 Å². The molecule has 0 saturated heterocycles. The monoisotopic (exact) mass is 246 g/mol. The highest BCUT2D eigenvalue weighted by Gasteiger charge is 2.28. The van der Waals surface area contributed by atoms with Gasteiger partial charge >= 0.3 is 0 Å². The molecule has 98 valence electrons. The van der Waals surface area contributed by atoms with Crippen molar-refractivity contribution in [3.63, 3.8) is 0 Å². The van der Waals surface area contributed by atoms with E-state index in [0.717, 1.165) is 36.8 Å². The Morgan fingerprint density at radius 2 is 1.67 bits per heavy atom. The van der Waals surface area contributed by atoms with E-state index >= 15 is 0 Å². The van der Waals surface area contributed by atoms with E-state index < -0.39 is 6.10 Å². The molecule has 0 amide bonds.